The maximum absolute atomic E-state index is 11.8. The molecule has 0 bridgehead atoms. The second-order valence-electron chi connectivity index (χ2n) is 4.74. The minimum absolute atomic E-state index is 0.319. The second kappa shape index (κ2) is 6.18. The molecule has 1 N–H and O–H groups in total. The van der Waals surface area contributed by atoms with Crippen molar-refractivity contribution in [3.05, 3.63) is 34.9 Å². The number of ketones is 1. The van der Waals surface area contributed by atoms with E-state index in [4.69, 9.17) is 11.6 Å². The zero-order valence-corrected chi connectivity index (χ0v) is 10.7. The van der Waals surface area contributed by atoms with Gasteiger partial charge in [0.2, 0.25) is 0 Å². The lowest BCUT2D eigenvalue weighted by Crippen LogP contribution is -2.11. The third-order valence-corrected chi connectivity index (χ3v) is 3.52. The third kappa shape index (κ3) is 4.14. The van der Waals surface area contributed by atoms with Crippen LogP contribution in [0.15, 0.2) is 24.3 Å². The summed E-state index contributed by atoms with van der Waals surface area (Å²) in [7, 11) is 0. The Morgan fingerprint density at radius 2 is 2.35 bits per heavy atom. The van der Waals surface area contributed by atoms with Crippen LogP contribution in [0, 0.1) is 5.92 Å². The van der Waals surface area contributed by atoms with Gasteiger partial charge < -0.3 is 5.32 Å². The average Bonchev–Trinajstić information content (AvgIpc) is 2.79. The summed E-state index contributed by atoms with van der Waals surface area (Å²) in [4.78, 5) is 11.8. The van der Waals surface area contributed by atoms with Crippen molar-refractivity contribution in [2.45, 2.75) is 25.7 Å². The summed E-state index contributed by atoms with van der Waals surface area (Å²) in [5, 5.41) is 4.03. The number of halogens is 1. The fourth-order valence-corrected chi connectivity index (χ4v) is 2.50. The number of hydrogen-bond donors (Lipinski definition) is 1. The number of carbonyl (C=O) groups excluding carboxylic acids is 1. The molecule has 0 spiro atoms. The van der Waals surface area contributed by atoms with E-state index in [-0.39, 0.29) is 0 Å². The van der Waals surface area contributed by atoms with Gasteiger partial charge in [-0.3, -0.25) is 4.79 Å². The number of benzene rings is 1. The Bertz CT molecular complexity index is 386. The molecule has 0 radical (unpaired) electrons. The summed E-state index contributed by atoms with van der Waals surface area (Å²) in [6, 6.07) is 7.56. The summed E-state index contributed by atoms with van der Waals surface area (Å²) >= 11 is 5.89. The van der Waals surface area contributed by atoms with Crippen molar-refractivity contribution in [1.82, 2.24) is 5.32 Å². The highest BCUT2D eigenvalue weighted by molar-refractivity contribution is 6.30. The highest BCUT2D eigenvalue weighted by Crippen LogP contribution is 2.16. The quantitative estimate of drug-likeness (QED) is 0.872. The van der Waals surface area contributed by atoms with Crippen LogP contribution in [0.5, 0.6) is 0 Å². The molecule has 1 aromatic rings. The van der Waals surface area contributed by atoms with Crippen LogP contribution in [0.2, 0.25) is 5.02 Å². The van der Waals surface area contributed by atoms with Crippen LogP contribution >= 0.6 is 11.6 Å². The van der Waals surface area contributed by atoms with Crippen LogP contribution in [-0.4, -0.2) is 18.9 Å². The predicted molar refractivity (Wildman–Crippen MR) is 70.4 cm³/mol. The molecule has 1 aromatic carbocycles. The highest BCUT2D eigenvalue weighted by Gasteiger charge is 2.15. The standard InChI is InChI=1S/C14H18ClNO/c15-13-3-1-2-12(8-13)9-14(17)5-4-11-6-7-16-10-11/h1-3,8,11,16H,4-7,9-10H2. The first-order chi connectivity index (χ1) is 8.24. The molecule has 1 aliphatic heterocycles. The van der Waals surface area contributed by atoms with Gasteiger partial charge in [-0.1, -0.05) is 23.7 Å². The van der Waals surface area contributed by atoms with Crippen molar-refractivity contribution in [3.8, 4) is 0 Å². The van der Waals surface area contributed by atoms with Gasteiger partial charge in [0.05, 0.1) is 0 Å². The number of nitrogens with one attached hydrogen (secondary N) is 1. The van der Waals surface area contributed by atoms with Crippen LogP contribution in [0.4, 0.5) is 0 Å². The van der Waals surface area contributed by atoms with Crippen LogP contribution < -0.4 is 5.32 Å². The zero-order valence-electron chi connectivity index (χ0n) is 9.92. The molecule has 3 heteroatoms. The molecule has 1 fully saturated rings. The summed E-state index contributed by atoms with van der Waals surface area (Å²) in [6.07, 6.45) is 3.44. The first kappa shape index (κ1) is 12.6. The molecule has 17 heavy (non-hydrogen) atoms. The lowest BCUT2D eigenvalue weighted by molar-refractivity contribution is -0.118. The molecule has 1 unspecified atom stereocenters. The van der Waals surface area contributed by atoms with Crippen LogP contribution in [0.3, 0.4) is 0 Å². The van der Waals surface area contributed by atoms with Crippen molar-refractivity contribution in [2.75, 3.05) is 13.1 Å². The second-order valence-corrected chi connectivity index (χ2v) is 5.18. The average molecular weight is 252 g/mol. The molecular formula is C14H18ClNO. The zero-order chi connectivity index (χ0) is 12.1. The molecule has 0 aliphatic carbocycles. The van der Waals surface area contributed by atoms with Gasteiger partial charge in [0, 0.05) is 17.9 Å². The summed E-state index contributed by atoms with van der Waals surface area (Å²) < 4.78 is 0. The van der Waals surface area contributed by atoms with Crippen molar-refractivity contribution in [3.63, 3.8) is 0 Å². The normalized spacial score (nSPS) is 19.5. The molecule has 1 heterocycles. The SMILES string of the molecule is O=C(CCC1CCNC1)Cc1cccc(Cl)c1. The van der Waals surface area contributed by atoms with E-state index >= 15 is 0 Å². The van der Waals surface area contributed by atoms with E-state index < -0.39 is 0 Å². The molecule has 1 aliphatic rings. The monoisotopic (exact) mass is 251 g/mol. The van der Waals surface area contributed by atoms with E-state index in [1.807, 2.05) is 24.3 Å². The molecule has 2 rings (SSSR count). The molecule has 0 amide bonds. The maximum atomic E-state index is 11.8. The summed E-state index contributed by atoms with van der Waals surface area (Å²) in [5.74, 6) is 1.01. The first-order valence-corrected chi connectivity index (χ1v) is 6.58. The fraction of sp³-hybridized carbons (Fsp3) is 0.500. The van der Waals surface area contributed by atoms with Crippen molar-refractivity contribution >= 4 is 17.4 Å². The largest absolute Gasteiger partial charge is 0.316 e. The van der Waals surface area contributed by atoms with Gasteiger partial charge in [-0.05, 0) is 49.5 Å². The lowest BCUT2D eigenvalue weighted by Gasteiger charge is -2.07. The predicted octanol–water partition coefficient (Wildman–Crippen LogP) is 2.84. The molecule has 92 valence electrons. The Morgan fingerprint density at radius 3 is 3.06 bits per heavy atom. The Kier molecular flexibility index (Phi) is 4.57. The van der Waals surface area contributed by atoms with Gasteiger partial charge in [0.1, 0.15) is 5.78 Å². The summed E-state index contributed by atoms with van der Waals surface area (Å²) in [6.45, 7) is 2.18. The molecular weight excluding hydrogens is 234 g/mol. The van der Waals surface area contributed by atoms with Gasteiger partial charge in [0.15, 0.2) is 0 Å². The van der Waals surface area contributed by atoms with Gasteiger partial charge >= 0.3 is 0 Å². The third-order valence-electron chi connectivity index (χ3n) is 3.28. The van der Waals surface area contributed by atoms with Crippen molar-refractivity contribution in [2.24, 2.45) is 5.92 Å². The van der Waals surface area contributed by atoms with Gasteiger partial charge in [-0.25, -0.2) is 0 Å². The number of hydrogen-bond acceptors (Lipinski definition) is 2. The number of Topliss-reactive ketones (excluding diaryl/α,β-unsaturated/α-hetero) is 1. The molecule has 1 atom stereocenters. The van der Waals surface area contributed by atoms with E-state index in [0.717, 1.165) is 25.1 Å². The van der Waals surface area contributed by atoms with Crippen molar-refractivity contribution in [1.29, 1.82) is 0 Å². The van der Waals surface area contributed by atoms with E-state index in [2.05, 4.69) is 5.32 Å². The smallest absolute Gasteiger partial charge is 0.137 e. The fourth-order valence-electron chi connectivity index (χ4n) is 2.29. The van der Waals surface area contributed by atoms with E-state index in [9.17, 15) is 4.79 Å². The topological polar surface area (TPSA) is 29.1 Å². The Morgan fingerprint density at radius 1 is 1.47 bits per heavy atom. The van der Waals surface area contributed by atoms with Gasteiger partial charge in [-0.15, -0.1) is 0 Å². The minimum atomic E-state index is 0.319. The maximum Gasteiger partial charge on any atom is 0.137 e. The van der Waals surface area contributed by atoms with E-state index in [0.29, 0.717) is 29.6 Å². The molecule has 0 saturated carbocycles. The molecule has 0 aromatic heterocycles. The lowest BCUT2D eigenvalue weighted by atomic mass is 9.98. The minimum Gasteiger partial charge on any atom is -0.316 e. The highest BCUT2D eigenvalue weighted by atomic mass is 35.5. The molecule has 2 nitrogen and oxygen atoms in total. The molecule has 1 saturated heterocycles. The Hall–Kier alpha value is -0.860. The van der Waals surface area contributed by atoms with Crippen LogP contribution in [0.1, 0.15) is 24.8 Å². The van der Waals surface area contributed by atoms with Crippen LogP contribution in [-0.2, 0) is 11.2 Å². The number of carbonyl (C=O) groups is 1. The summed E-state index contributed by atoms with van der Waals surface area (Å²) in [5.41, 5.74) is 1.02. The van der Waals surface area contributed by atoms with Gasteiger partial charge in [-0.2, -0.15) is 0 Å². The number of rotatable bonds is 5. The van der Waals surface area contributed by atoms with Crippen LogP contribution in [0.25, 0.3) is 0 Å². The van der Waals surface area contributed by atoms with Crippen molar-refractivity contribution < 1.29 is 4.79 Å². The Labute approximate surface area is 107 Å². The van der Waals surface area contributed by atoms with E-state index in [1.165, 1.54) is 6.42 Å². The first-order valence-electron chi connectivity index (χ1n) is 6.21. The van der Waals surface area contributed by atoms with E-state index in [1.54, 1.807) is 0 Å². The Balaban J connectivity index is 1.76. The van der Waals surface area contributed by atoms with Gasteiger partial charge in [0.25, 0.3) is 0 Å².